The number of hydrogen-bond acceptors (Lipinski definition) is 4. The van der Waals surface area contributed by atoms with E-state index in [1.807, 2.05) is 19.1 Å². The number of para-hydroxylation sites is 2. The van der Waals surface area contributed by atoms with Crippen molar-refractivity contribution >= 4 is 39.1 Å². The number of benzene rings is 2. The van der Waals surface area contributed by atoms with Crippen LogP contribution in [-0.4, -0.2) is 17.7 Å². The second-order valence-electron chi connectivity index (χ2n) is 7.89. The van der Waals surface area contributed by atoms with E-state index >= 15 is 0 Å². The highest BCUT2D eigenvalue weighted by Crippen LogP contribution is 2.51. The van der Waals surface area contributed by atoms with Crippen LogP contribution in [0.15, 0.2) is 52.9 Å². The van der Waals surface area contributed by atoms with Gasteiger partial charge in [-0.1, -0.05) is 18.2 Å². The lowest BCUT2D eigenvalue weighted by Crippen LogP contribution is -2.48. The molecule has 2 aromatic carbocycles. The van der Waals surface area contributed by atoms with Crippen molar-refractivity contribution in [2.45, 2.75) is 33.4 Å². The van der Waals surface area contributed by atoms with E-state index in [0.29, 0.717) is 0 Å². The predicted octanol–water partition coefficient (Wildman–Crippen LogP) is 5.92. The first kappa shape index (κ1) is 16.2. The molecule has 4 aromatic rings. The number of anilines is 3. The molecular weight excluding hydrogens is 334 g/mol. The summed E-state index contributed by atoms with van der Waals surface area (Å²) in [5.41, 5.74) is 8.19. The van der Waals surface area contributed by atoms with Gasteiger partial charge in [-0.05, 0) is 63.6 Å². The molecule has 4 heteroatoms. The van der Waals surface area contributed by atoms with E-state index in [1.165, 1.54) is 16.9 Å². The van der Waals surface area contributed by atoms with Gasteiger partial charge in [0.15, 0.2) is 11.2 Å². The fourth-order valence-corrected chi connectivity index (χ4v) is 4.24. The molecule has 2 aromatic heterocycles. The van der Waals surface area contributed by atoms with Crippen LogP contribution in [0.1, 0.15) is 25.1 Å². The number of aromatic nitrogens is 1. The molecular formula is C23H23N3O. The average Bonchev–Trinajstić information content (AvgIpc) is 3.09. The summed E-state index contributed by atoms with van der Waals surface area (Å²) < 4.78 is 6.35. The molecule has 1 aliphatic rings. The Morgan fingerprint density at radius 2 is 1.67 bits per heavy atom. The second kappa shape index (κ2) is 5.26. The SMILES string of the molecule is Cc1ccc2oc3c(N4c5ccccc5N(C)C4(C)C)c(C)ccc3c2n1. The summed E-state index contributed by atoms with van der Waals surface area (Å²) in [7, 11) is 2.15. The van der Waals surface area contributed by atoms with Crippen molar-refractivity contribution in [3.63, 3.8) is 0 Å². The Morgan fingerprint density at radius 1 is 0.926 bits per heavy atom. The third-order valence-electron chi connectivity index (χ3n) is 5.87. The van der Waals surface area contributed by atoms with Gasteiger partial charge in [-0.25, -0.2) is 4.98 Å². The Labute approximate surface area is 159 Å². The van der Waals surface area contributed by atoms with Crippen molar-refractivity contribution in [3.05, 3.63) is 59.8 Å². The Kier molecular flexibility index (Phi) is 3.15. The minimum Gasteiger partial charge on any atom is -0.452 e. The molecule has 3 heterocycles. The van der Waals surface area contributed by atoms with Crippen LogP contribution in [-0.2, 0) is 0 Å². The van der Waals surface area contributed by atoms with E-state index in [-0.39, 0.29) is 5.66 Å². The van der Waals surface area contributed by atoms with Gasteiger partial charge in [0.05, 0.1) is 17.1 Å². The number of rotatable bonds is 1. The van der Waals surface area contributed by atoms with Gasteiger partial charge in [-0.2, -0.15) is 0 Å². The van der Waals surface area contributed by atoms with E-state index in [4.69, 9.17) is 9.40 Å². The highest BCUT2D eigenvalue weighted by atomic mass is 16.3. The zero-order valence-corrected chi connectivity index (χ0v) is 16.4. The average molecular weight is 357 g/mol. The lowest BCUT2D eigenvalue weighted by Gasteiger charge is -2.39. The first-order valence-corrected chi connectivity index (χ1v) is 9.32. The highest BCUT2D eigenvalue weighted by Gasteiger charge is 2.42. The maximum absolute atomic E-state index is 6.35. The Hall–Kier alpha value is -3.01. The summed E-state index contributed by atoms with van der Waals surface area (Å²) >= 11 is 0. The van der Waals surface area contributed by atoms with Crippen LogP contribution < -0.4 is 9.80 Å². The molecule has 0 saturated heterocycles. The molecule has 0 N–H and O–H groups in total. The Bertz CT molecular complexity index is 1210. The normalized spacial score (nSPS) is 15.7. The van der Waals surface area contributed by atoms with Gasteiger partial charge in [0, 0.05) is 18.1 Å². The van der Waals surface area contributed by atoms with E-state index in [9.17, 15) is 0 Å². The van der Waals surface area contributed by atoms with Crippen molar-refractivity contribution in [3.8, 4) is 0 Å². The summed E-state index contributed by atoms with van der Waals surface area (Å²) in [6, 6.07) is 16.9. The van der Waals surface area contributed by atoms with Gasteiger partial charge in [0.1, 0.15) is 11.2 Å². The molecule has 0 spiro atoms. The summed E-state index contributed by atoms with van der Waals surface area (Å²) in [5.74, 6) is 0. The number of fused-ring (bicyclic) bond motifs is 4. The number of pyridine rings is 1. The molecule has 0 aliphatic carbocycles. The van der Waals surface area contributed by atoms with Gasteiger partial charge in [-0.15, -0.1) is 0 Å². The molecule has 1 aliphatic heterocycles. The van der Waals surface area contributed by atoms with E-state index < -0.39 is 0 Å². The maximum atomic E-state index is 6.35. The van der Waals surface area contributed by atoms with Crippen molar-refractivity contribution in [1.29, 1.82) is 0 Å². The van der Waals surface area contributed by atoms with Gasteiger partial charge in [0.2, 0.25) is 0 Å². The minimum atomic E-state index is -0.217. The standard InChI is InChI=1S/C23H23N3O/c1-14-10-12-16-20-19(13-11-15(2)24-20)27-22(16)21(14)26-18-9-7-6-8-17(18)25(5)23(26,3)4/h6-13H,1-5H3. The fraction of sp³-hybridized carbons (Fsp3) is 0.261. The van der Waals surface area contributed by atoms with E-state index in [2.05, 4.69) is 74.0 Å². The van der Waals surface area contributed by atoms with Crippen molar-refractivity contribution in [2.75, 3.05) is 16.8 Å². The minimum absolute atomic E-state index is 0.217. The first-order valence-electron chi connectivity index (χ1n) is 9.32. The first-order chi connectivity index (χ1) is 12.9. The molecule has 0 unspecified atom stereocenters. The van der Waals surface area contributed by atoms with Crippen LogP contribution in [0.4, 0.5) is 17.1 Å². The summed E-state index contributed by atoms with van der Waals surface area (Å²) in [5, 5.41) is 1.07. The third-order valence-corrected chi connectivity index (χ3v) is 5.87. The molecule has 0 radical (unpaired) electrons. The van der Waals surface area contributed by atoms with Crippen LogP contribution in [0.5, 0.6) is 0 Å². The summed E-state index contributed by atoms with van der Waals surface area (Å²) in [6.07, 6.45) is 0. The molecule has 0 bridgehead atoms. The number of aryl methyl sites for hydroxylation is 2. The summed E-state index contributed by atoms with van der Waals surface area (Å²) in [6.45, 7) is 8.66. The van der Waals surface area contributed by atoms with Crippen LogP contribution in [0, 0.1) is 13.8 Å². The number of hydrogen-bond donors (Lipinski definition) is 0. The van der Waals surface area contributed by atoms with Gasteiger partial charge in [-0.3, -0.25) is 0 Å². The van der Waals surface area contributed by atoms with Crippen molar-refractivity contribution in [2.24, 2.45) is 0 Å². The van der Waals surface area contributed by atoms with Gasteiger partial charge >= 0.3 is 0 Å². The van der Waals surface area contributed by atoms with Crippen molar-refractivity contribution in [1.82, 2.24) is 4.98 Å². The molecule has 4 nitrogen and oxygen atoms in total. The third kappa shape index (κ3) is 2.07. The second-order valence-corrected chi connectivity index (χ2v) is 7.89. The maximum Gasteiger partial charge on any atom is 0.161 e. The smallest absolute Gasteiger partial charge is 0.161 e. The molecule has 0 atom stereocenters. The molecule has 27 heavy (non-hydrogen) atoms. The quantitative estimate of drug-likeness (QED) is 0.423. The van der Waals surface area contributed by atoms with E-state index in [0.717, 1.165) is 33.5 Å². The molecule has 0 saturated carbocycles. The fourth-order valence-electron chi connectivity index (χ4n) is 4.24. The largest absolute Gasteiger partial charge is 0.452 e. The van der Waals surface area contributed by atoms with Crippen molar-refractivity contribution < 1.29 is 4.42 Å². The lowest BCUT2D eigenvalue weighted by molar-refractivity contribution is 0.519. The molecule has 5 rings (SSSR count). The number of nitrogens with zero attached hydrogens (tertiary/aromatic N) is 3. The zero-order valence-electron chi connectivity index (χ0n) is 16.4. The van der Waals surface area contributed by atoms with Crippen LogP contribution in [0.3, 0.4) is 0 Å². The molecule has 0 fully saturated rings. The van der Waals surface area contributed by atoms with Crippen LogP contribution >= 0.6 is 0 Å². The van der Waals surface area contributed by atoms with E-state index in [1.54, 1.807) is 0 Å². The number of furan rings is 1. The highest BCUT2D eigenvalue weighted by molar-refractivity contribution is 6.09. The van der Waals surface area contributed by atoms with Gasteiger partial charge < -0.3 is 14.2 Å². The Morgan fingerprint density at radius 3 is 2.44 bits per heavy atom. The van der Waals surface area contributed by atoms with Crippen LogP contribution in [0.2, 0.25) is 0 Å². The zero-order chi connectivity index (χ0) is 18.9. The monoisotopic (exact) mass is 357 g/mol. The molecule has 0 amide bonds. The van der Waals surface area contributed by atoms with Gasteiger partial charge in [0.25, 0.3) is 0 Å². The van der Waals surface area contributed by atoms with Crippen LogP contribution in [0.25, 0.3) is 22.1 Å². The predicted molar refractivity (Wildman–Crippen MR) is 112 cm³/mol. The topological polar surface area (TPSA) is 32.5 Å². The molecule has 136 valence electrons. The summed E-state index contributed by atoms with van der Waals surface area (Å²) in [4.78, 5) is 9.46. The Balaban J connectivity index is 1.88. The lowest BCUT2D eigenvalue weighted by atomic mass is 10.1.